The topological polar surface area (TPSA) is 97.7 Å². The number of hydrogen-bond acceptors (Lipinski definition) is 4. The molecule has 2 heterocycles. The molecule has 0 aromatic carbocycles. The van der Waals surface area contributed by atoms with Crippen LogP contribution >= 0.6 is 0 Å². The van der Waals surface area contributed by atoms with Gasteiger partial charge in [0, 0.05) is 12.4 Å². The summed E-state index contributed by atoms with van der Waals surface area (Å²) in [7, 11) is 0. The molecule has 0 saturated heterocycles. The highest BCUT2D eigenvalue weighted by Crippen LogP contribution is 1.97. The molecular formula is C9H7N3O3. The summed E-state index contributed by atoms with van der Waals surface area (Å²) in [4.78, 5) is 26.4. The first-order valence-corrected chi connectivity index (χ1v) is 4.09. The molecule has 0 aliphatic heterocycles. The zero-order valence-electron chi connectivity index (χ0n) is 7.54. The van der Waals surface area contributed by atoms with Crippen molar-refractivity contribution in [2.24, 2.45) is 5.73 Å². The largest absolute Gasteiger partial charge is 0.515 e. The fourth-order valence-corrected chi connectivity index (χ4v) is 1.36. The van der Waals surface area contributed by atoms with Gasteiger partial charge in [0.05, 0.1) is 11.5 Å². The number of nitrogens with two attached hydrogens (primary N) is 1. The number of amides is 1. The Hall–Kier alpha value is -2.37. The van der Waals surface area contributed by atoms with Crippen LogP contribution in [0.2, 0.25) is 0 Å². The summed E-state index contributed by atoms with van der Waals surface area (Å²) in [5, 5.41) is 8.80. The summed E-state index contributed by atoms with van der Waals surface area (Å²) in [6.45, 7) is 0. The Kier molecular flexibility index (Phi) is 1.89. The number of carbonyl (C=O) groups excluding carboxylic acids is 1. The summed E-state index contributed by atoms with van der Waals surface area (Å²) < 4.78 is 1.29. The number of carbonyl (C=O) groups is 1. The van der Waals surface area contributed by atoms with E-state index in [-0.39, 0.29) is 16.6 Å². The second-order valence-corrected chi connectivity index (χ2v) is 2.93. The molecule has 2 aromatic heterocycles. The Morgan fingerprint density at radius 1 is 1.60 bits per heavy atom. The Morgan fingerprint density at radius 2 is 2.33 bits per heavy atom. The highest BCUT2D eigenvalue weighted by molar-refractivity contribution is 5.91. The maximum atomic E-state index is 11.6. The standard InChI is InChI=1S/C9H7N3O3/c10-8(15)6-3-5(4-13)7(14)9-11-1-2-12(6)9/h1-4,13H,(H2,10,15)/b5-4-. The first-order chi connectivity index (χ1) is 7.15. The predicted molar refractivity (Wildman–Crippen MR) is 52.3 cm³/mol. The number of hydrogen-bond donors (Lipinski definition) is 2. The molecule has 2 rings (SSSR count). The first-order valence-electron chi connectivity index (χ1n) is 4.09. The van der Waals surface area contributed by atoms with Crippen LogP contribution in [-0.2, 0) is 0 Å². The second-order valence-electron chi connectivity index (χ2n) is 2.93. The van der Waals surface area contributed by atoms with Crippen LogP contribution in [0.3, 0.4) is 0 Å². The number of imidazole rings is 1. The van der Waals surface area contributed by atoms with Crippen LogP contribution in [0, 0.1) is 0 Å². The normalized spacial score (nSPS) is 12.1. The van der Waals surface area contributed by atoms with E-state index >= 15 is 0 Å². The van der Waals surface area contributed by atoms with Crippen LogP contribution < -0.4 is 16.4 Å². The van der Waals surface area contributed by atoms with Gasteiger partial charge in [0.1, 0.15) is 5.69 Å². The van der Waals surface area contributed by atoms with Crippen LogP contribution in [0.1, 0.15) is 10.5 Å². The molecule has 0 aliphatic carbocycles. The van der Waals surface area contributed by atoms with Crippen LogP contribution in [0.4, 0.5) is 0 Å². The van der Waals surface area contributed by atoms with E-state index < -0.39 is 11.3 Å². The average Bonchev–Trinajstić information content (AvgIpc) is 2.67. The molecule has 0 saturated carbocycles. The Balaban J connectivity index is 3.06. The molecule has 0 atom stereocenters. The predicted octanol–water partition coefficient (Wildman–Crippen LogP) is -1.19. The molecule has 0 unspecified atom stereocenters. The van der Waals surface area contributed by atoms with Crippen molar-refractivity contribution in [2.75, 3.05) is 0 Å². The summed E-state index contributed by atoms with van der Waals surface area (Å²) >= 11 is 0. The van der Waals surface area contributed by atoms with E-state index in [0.717, 1.165) is 0 Å². The van der Waals surface area contributed by atoms with Crippen LogP contribution in [0.25, 0.3) is 11.9 Å². The third-order valence-corrected chi connectivity index (χ3v) is 2.05. The van der Waals surface area contributed by atoms with Crippen molar-refractivity contribution >= 4 is 17.8 Å². The molecule has 0 bridgehead atoms. The van der Waals surface area contributed by atoms with Crippen molar-refractivity contribution in [1.29, 1.82) is 0 Å². The van der Waals surface area contributed by atoms with Crippen LogP contribution in [0.15, 0.2) is 23.3 Å². The van der Waals surface area contributed by atoms with E-state index in [1.165, 1.54) is 22.9 Å². The number of rotatable bonds is 1. The first kappa shape index (κ1) is 9.20. The zero-order valence-corrected chi connectivity index (χ0v) is 7.54. The maximum Gasteiger partial charge on any atom is 0.265 e. The Labute approximate surface area is 83.3 Å². The minimum absolute atomic E-state index is 0.0116. The third-order valence-electron chi connectivity index (χ3n) is 2.05. The Bertz CT molecular complexity index is 644. The van der Waals surface area contributed by atoms with Crippen molar-refractivity contribution in [2.45, 2.75) is 0 Å². The van der Waals surface area contributed by atoms with Gasteiger partial charge in [-0.1, -0.05) is 0 Å². The lowest BCUT2D eigenvalue weighted by Crippen LogP contribution is -2.30. The highest BCUT2D eigenvalue weighted by Gasteiger charge is 2.10. The third kappa shape index (κ3) is 1.23. The van der Waals surface area contributed by atoms with Gasteiger partial charge >= 0.3 is 0 Å². The van der Waals surface area contributed by atoms with Gasteiger partial charge in [0.15, 0.2) is 5.65 Å². The summed E-state index contributed by atoms with van der Waals surface area (Å²) in [5.41, 5.74) is 4.84. The number of nitrogens with zero attached hydrogens (tertiary/aromatic N) is 2. The summed E-state index contributed by atoms with van der Waals surface area (Å²) in [5.74, 6) is -0.693. The number of aliphatic hydroxyl groups is 1. The highest BCUT2D eigenvalue weighted by atomic mass is 16.2. The number of primary amides is 1. The smallest absolute Gasteiger partial charge is 0.265 e. The van der Waals surface area contributed by atoms with E-state index in [0.29, 0.717) is 6.26 Å². The number of aliphatic hydroxyl groups excluding tert-OH is 1. The van der Waals surface area contributed by atoms with Crippen molar-refractivity contribution in [1.82, 2.24) is 9.38 Å². The van der Waals surface area contributed by atoms with Gasteiger partial charge in [-0.3, -0.25) is 14.0 Å². The van der Waals surface area contributed by atoms with Crippen molar-refractivity contribution < 1.29 is 9.90 Å². The number of aromatic nitrogens is 2. The molecule has 76 valence electrons. The Morgan fingerprint density at radius 3 is 2.93 bits per heavy atom. The van der Waals surface area contributed by atoms with Crippen LogP contribution in [-0.4, -0.2) is 20.4 Å². The zero-order chi connectivity index (χ0) is 11.0. The van der Waals surface area contributed by atoms with E-state index in [2.05, 4.69) is 4.98 Å². The summed E-state index contributed by atoms with van der Waals surface area (Å²) in [6, 6.07) is 1.22. The van der Waals surface area contributed by atoms with Gasteiger partial charge in [-0.2, -0.15) is 0 Å². The lowest BCUT2D eigenvalue weighted by Gasteiger charge is -1.99. The molecule has 15 heavy (non-hydrogen) atoms. The molecule has 2 aromatic rings. The fourth-order valence-electron chi connectivity index (χ4n) is 1.36. The van der Waals surface area contributed by atoms with Gasteiger partial charge in [-0.05, 0) is 6.07 Å². The van der Waals surface area contributed by atoms with Crippen LogP contribution in [0.5, 0.6) is 0 Å². The van der Waals surface area contributed by atoms with E-state index in [4.69, 9.17) is 10.8 Å². The molecule has 0 aliphatic rings. The molecule has 1 amide bonds. The summed E-state index contributed by atoms with van der Waals surface area (Å²) in [6.07, 6.45) is 3.46. The monoisotopic (exact) mass is 205 g/mol. The number of pyridine rings is 1. The van der Waals surface area contributed by atoms with E-state index in [1.807, 2.05) is 0 Å². The molecule has 3 N–H and O–H groups in total. The van der Waals surface area contributed by atoms with E-state index in [1.54, 1.807) is 0 Å². The fraction of sp³-hybridized carbons (Fsp3) is 0. The van der Waals surface area contributed by atoms with E-state index in [9.17, 15) is 9.59 Å². The SMILES string of the molecule is NC(=O)c1c/c(=C/O)c(=O)c2nccn12. The lowest BCUT2D eigenvalue weighted by molar-refractivity contribution is 0.0994. The number of fused-ring (bicyclic) bond motifs is 1. The van der Waals surface area contributed by atoms with Gasteiger partial charge in [0.25, 0.3) is 5.91 Å². The second kappa shape index (κ2) is 3.09. The van der Waals surface area contributed by atoms with Gasteiger partial charge in [-0.15, -0.1) is 0 Å². The van der Waals surface area contributed by atoms with Crippen molar-refractivity contribution in [3.8, 4) is 0 Å². The lowest BCUT2D eigenvalue weighted by atomic mass is 10.3. The van der Waals surface area contributed by atoms with Gasteiger partial charge in [-0.25, -0.2) is 4.98 Å². The minimum Gasteiger partial charge on any atom is -0.515 e. The van der Waals surface area contributed by atoms with Gasteiger partial charge in [0.2, 0.25) is 5.43 Å². The molecule has 0 fully saturated rings. The molecule has 6 nitrogen and oxygen atoms in total. The molecule has 0 spiro atoms. The molecule has 6 heteroatoms. The quantitative estimate of drug-likeness (QED) is 0.611. The molecule has 0 radical (unpaired) electrons. The molecular weight excluding hydrogens is 198 g/mol. The van der Waals surface area contributed by atoms with Crippen molar-refractivity contribution in [3.63, 3.8) is 0 Å². The van der Waals surface area contributed by atoms with Gasteiger partial charge < -0.3 is 10.8 Å². The van der Waals surface area contributed by atoms with Crippen molar-refractivity contribution in [3.05, 3.63) is 39.6 Å². The maximum absolute atomic E-state index is 11.6. The minimum atomic E-state index is -0.693. The average molecular weight is 205 g/mol.